The van der Waals surface area contributed by atoms with Gasteiger partial charge in [-0.1, -0.05) is 0 Å². The van der Waals surface area contributed by atoms with Gasteiger partial charge in [0.05, 0.1) is 0 Å². The van der Waals surface area contributed by atoms with Crippen LogP contribution in [0.15, 0.2) is 0 Å². The first-order valence-corrected chi connectivity index (χ1v) is 3.77. The summed E-state index contributed by atoms with van der Waals surface area (Å²) in [6, 6.07) is 0. The van der Waals surface area contributed by atoms with Gasteiger partial charge in [-0.05, 0) is 0 Å². The van der Waals surface area contributed by atoms with E-state index in [-0.39, 0.29) is 126 Å². The third kappa shape index (κ3) is 11200. The van der Waals surface area contributed by atoms with Gasteiger partial charge in [-0.3, -0.25) is 0 Å². The van der Waals surface area contributed by atoms with Gasteiger partial charge in [0.2, 0.25) is 0 Å². The summed E-state index contributed by atoms with van der Waals surface area (Å²) in [6.07, 6.45) is -1.83. The van der Waals surface area contributed by atoms with Crippen molar-refractivity contribution < 1.29 is 175 Å². The second-order valence-electron chi connectivity index (χ2n) is 1.14. The zero-order valence-corrected chi connectivity index (χ0v) is 19.5. The fourth-order valence-electron chi connectivity index (χ4n) is 0. The maximum atomic E-state index is 8.88. The molecule has 25 heteroatoms. The molecule has 0 saturated carbocycles. The van der Waals surface area contributed by atoms with Crippen molar-refractivity contribution in [3.63, 3.8) is 0 Å². The number of hydrogen-bond acceptors (Lipinski definition) is 5. The molecule has 26 heavy (non-hydrogen) atoms. The molecule has 0 aliphatic heterocycles. The molecule has 0 atom stereocenters. The summed E-state index contributed by atoms with van der Waals surface area (Å²) in [5.74, 6) is 0. The molecule has 0 unspecified atom stereocenters. The van der Waals surface area contributed by atoms with Crippen LogP contribution in [0.1, 0.15) is 2.85 Å². The third-order valence-electron chi connectivity index (χ3n) is 0. The Bertz CT molecular complexity index is 175. The number of phosphoric acid groups is 1. The molecule has 0 aromatic carbocycles. The summed E-state index contributed by atoms with van der Waals surface area (Å²) < 4.78 is 8.88. The number of rotatable bonds is 0. The zero-order chi connectivity index (χ0) is 11.7. The van der Waals surface area contributed by atoms with Crippen molar-refractivity contribution in [3.05, 3.63) is 0 Å². The van der Waals surface area contributed by atoms with Crippen molar-refractivity contribution in [1.82, 2.24) is 0 Å². The first-order valence-electron chi connectivity index (χ1n) is 2.21. The predicted molar refractivity (Wildman–Crippen MR) is 75.7 cm³/mol. The Morgan fingerprint density at radius 2 is 0.692 bits per heavy atom. The molecule has 28 N–H and O–H groups in total. The smallest absolute Gasteiger partial charge is 1.00 e. The maximum absolute atomic E-state index is 8.88. The second kappa shape index (κ2) is 95.7. The van der Waals surface area contributed by atoms with Gasteiger partial charge >= 0.3 is 69.7 Å². The normalized spacial score (nSPS) is 4.23. The van der Waals surface area contributed by atoms with Crippen LogP contribution in [-0.4, -0.2) is 108 Å². The van der Waals surface area contributed by atoms with E-state index in [1.807, 2.05) is 0 Å². The summed E-state index contributed by atoms with van der Waals surface area (Å²) in [4.78, 5) is 30.1. The fourth-order valence-corrected chi connectivity index (χ4v) is 0. The van der Waals surface area contributed by atoms with Crippen molar-refractivity contribution in [2.45, 2.75) is 0 Å². The van der Waals surface area contributed by atoms with E-state index in [0.29, 0.717) is 0 Å². The Morgan fingerprint density at radius 1 is 0.692 bits per heavy atom. The monoisotopic (exact) mass is 498 g/mol. The Kier molecular flexibility index (Phi) is 550. The van der Waals surface area contributed by atoms with Crippen molar-refractivity contribution >= 4 is 21.3 Å². The average molecular weight is 499 g/mol. The Balaban J connectivity index is -0.00000000265. The Hall–Kier alpha value is 1.15. The van der Waals surface area contributed by atoms with Crippen LogP contribution in [-0.2, 0) is 24.0 Å². The SMILES string of the molecule is O.O.O.O.O.O.O.O.O.O.O=C(O)O.O=P(O)(O)O.OB(O)O.[H-].[H-].[Li+].[Na+].[Zn]. The van der Waals surface area contributed by atoms with Crippen LogP contribution >= 0.6 is 7.82 Å². The van der Waals surface area contributed by atoms with Crippen molar-refractivity contribution in [1.29, 1.82) is 0 Å². The molecule has 0 rings (SSSR count). The topological polar surface area (TPSA) is 511 Å². The summed E-state index contributed by atoms with van der Waals surface area (Å²) in [7, 11) is -6.81. The second-order valence-corrected chi connectivity index (χ2v) is 2.17. The molecular weight excluding hydrogens is 469 g/mol. The molecule has 0 radical (unpaired) electrons. The van der Waals surface area contributed by atoms with E-state index in [0.717, 1.165) is 0 Å². The minimum Gasteiger partial charge on any atom is -1.00 e. The zero-order valence-electron chi connectivity index (χ0n) is 15.6. The van der Waals surface area contributed by atoms with Gasteiger partial charge in [0, 0.05) is 19.5 Å². The molecule has 0 spiro atoms. The summed E-state index contributed by atoms with van der Waals surface area (Å²) in [5, 5.41) is 35.4. The van der Waals surface area contributed by atoms with E-state index in [9.17, 15) is 0 Å². The van der Waals surface area contributed by atoms with Gasteiger partial charge < -0.3 is 97.6 Å². The molecule has 0 amide bonds. The molecule has 0 saturated heterocycles. The van der Waals surface area contributed by atoms with Gasteiger partial charge in [0.1, 0.15) is 0 Å². The Labute approximate surface area is 195 Å². The van der Waals surface area contributed by atoms with Gasteiger partial charge in [0.15, 0.2) is 0 Å². The predicted octanol–water partition coefficient (Wildman–Crippen LogP) is -16.8. The van der Waals surface area contributed by atoms with E-state index >= 15 is 0 Å². The molecule has 0 fully saturated rings. The van der Waals surface area contributed by atoms with Crippen LogP contribution in [0.2, 0.25) is 0 Å². The summed E-state index contributed by atoms with van der Waals surface area (Å²) >= 11 is 0. The quantitative estimate of drug-likeness (QED) is 0.115. The van der Waals surface area contributed by atoms with E-state index in [1.54, 1.807) is 0 Å². The van der Waals surface area contributed by atoms with E-state index in [1.165, 1.54) is 0 Å². The van der Waals surface area contributed by atoms with Crippen LogP contribution in [0.25, 0.3) is 0 Å². The Morgan fingerprint density at radius 3 is 0.692 bits per heavy atom. The molecule has 20 nitrogen and oxygen atoms in total. The third-order valence-corrected chi connectivity index (χ3v) is 0. The molecule has 0 aliphatic carbocycles. The minimum atomic E-state index is -4.64. The van der Waals surface area contributed by atoms with Crippen LogP contribution in [0.4, 0.5) is 4.79 Å². The molecule has 0 aromatic rings. The van der Waals surface area contributed by atoms with Gasteiger partial charge in [-0.15, -0.1) is 0 Å². The molecule has 0 aromatic heterocycles. The number of carboxylic acid groups (broad SMARTS) is 2. The summed E-state index contributed by atoms with van der Waals surface area (Å²) in [5.41, 5.74) is 0. The minimum absolute atomic E-state index is 0. The average Bonchev–Trinajstić information content (AvgIpc) is 1.50. The molecule has 166 valence electrons. The summed E-state index contributed by atoms with van der Waals surface area (Å²) in [6.45, 7) is 0. The van der Waals surface area contributed by atoms with Gasteiger partial charge in [-0.2, -0.15) is 0 Å². The van der Waals surface area contributed by atoms with E-state index in [2.05, 4.69) is 0 Å². The molecular formula is CH30BLiNaO20PZn. The van der Waals surface area contributed by atoms with Crippen molar-refractivity contribution in [2.75, 3.05) is 0 Å². The standard InChI is InChI=1S/CH2O3.BH3O3.Li.Na.H3O4P.10H2O.Zn.2H/c2*2-1(3)4;;;1-5(2,3)4;;;;;;;;;;;;;/h(H2,2,3,4);2-4H;;;(H3,1,2,3,4);10*1H2;;;/q;;2*+1;;;;;;;;;;;;;2*-1. The molecule has 0 aliphatic rings. The van der Waals surface area contributed by atoms with Crippen LogP contribution in [0.5, 0.6) is 0 Å². The van der Waals surface area contributed by atoms with E-state index in [4.69, 9.17) is 49.3 Å². The molecule has 0 bridgehead atoms. The maximum Gasteiger partial charge on any atom is 1.00 e. The van der Waals surface area contributed by atoms with Crippen molar-refractivity contribution in [2.24, 2.45) is 0 Å². The first kappa shape index (κ1) is 149. The number of carbonyl (C=O) groups is 1. The van der Waals surface area contributed by atoms with E-state index < -0.39 is 21.3 Å². The first-order chi connectivity index (χ1) is 5.46. The largest absolute Gasteiger partial charge is 1.00 e. The van der Waals surface area contributed by atoms with Crippen LogP contribution in [0.3, 0.4) is 0 Å². The van der Waals surface area contributed by atoms with Crippen LogP contribution < -0.4 is 48.4 Å². The fraction of sp³-hybridized carbons (Fsp3) is 0. The van der Waals surface area contributed by atoms with Crippen LogP contribution in [0, 0.1) is 0 Å². The van der Waals surface area contributed by atoms with Gasteiger partial charge in [-0.25, -0.2) is 9.36 Å². The van der Waals surface area contributed by atoms with Crippen molar-refractivity contribution in [3.8, 4) is 0 Å². The molecule has 0 heterocycles. The number of hydrogen-bond donors (Lipinski definition) is 8. The van der Waals surface area contributed by atoms with Gasteiger partial charge in [0.25, 0.3) is 0 Å².